The zero-order valence-corrected chi connectivity index (χ0v) is 16.0. The molecule has 3 heterocycles. The molecule has 0 aliphatic rings. The van der Waals surface area contributed by atoms with Crippen LogP contribution in [0.1, 0.15) is 18.1 Å². The topological polar surface area (TPSA) is 75.6 Å². The summed E-state index contributed by atoms with van der Waals surface area (Å²) in [5.74, 6) is 1.03. The van der Waals surface area contributed by atoms with Gasteiger partial charge in [0, 0.05) is 11.9 Å². The third kappa shape index (κ3) is 3.51. The van der Waals surface area contributed by atoms with E-state index in [1.54, 1.807) is 22.8 Å². The van der Waals surface area contributed by atoms with Crippen molar-refractivity contribution in [1.29, 1.82) is 0 Å². The SMILES string of the molecule is OC(CCNc1ccc2ncc(-c3cc4ccccc4o3)n2n1)c1ccc(F)cc1. The zero-order chi connectivity index (χ0) is 20.5. The largest absolute Gasteiger partial charge is 0.454 e. The van der Waals surface area contributed by atoms with Crippen LogP contribution in [-0.4, -0.2) is 26.2 Å². The number of anilines is 1. The molecule has 0 radical (unpaired) electrons. The zero-order valence-electron chi connectivity index (χ0n) is 16.0. The van der Waals surface area contributed by atoms with E-state index in [2.05, 4.69) is 15.4 Å². The molecule has 5 rings (SSSR count). The first-order chi connectivity index (χ1) is 14.7. The molecule has 0 spiro atoms. The van der Waals surface area contributed by atoms with E-state index >= 15 is 0 Å². The van der Waals surface area contributed by atoms with Crippen molar-refractivity contribution in [3.8, 4) is 11.5 Å². The van der Waals surface area contributed by atoms with Gasteiger partial charge in [-0.2, -0.15) is 0 Å². The van der Waals surface area contributed by atoms with Crippen LogP contribution in [0.3, 0.4) is 0 Å². The Hall–Kier alpha value is -3.71. The quantitative estimate of drug-likeness (QED) is 0.426. The Morgan fingerprint density at radius 3 is 2.73 bits per heavy atom. The third-order valence-corrected chi connectivity index (χ3v) is 5.02. The fourth-order valence-corrected chi connectivity index (χ4v) is 3.43. The number of imidazole rings is 1. The molecular weight excluding hydrogens is 383 g/mol. The van der Waals surface area contributed by atoms with E-state index in [9.17, 15) is 9.50 Å². The molecule has 1 unspecified atom stereocenters. The molecule has 0 saturated heterocycles. The van der Waals surface area contributed by atoms with Gasteiger partial charge in [0.05, 0.1) is 12.3 Å². The lowest BCUT2D eigenvalue weighted by Gasteiger charge is -2.12. The van der Waals surface area contributed by atoms with Crippen LogP contribution in [0.4, 0.5) is 10.2 Å². The molecule has 1 atom stereocenters. The van der Waals surface area contributed by atoms with Crippen LogP contribution in [0.5, 0.6) is 0 Å². The van der Waals surface area contributed by atoms with Crippen molar-refractivity contribution in [3.05, 3.63) is 84.3 Å². The van der Waals surface area contributed by atoms with E-state index in [1.807, 2.05) is 42.5 Å². The Labute approximate surface area is 171 Å². The lowest BCUT2D eigenvalue weighted by Crippen LogP contribution is -2.10. The van der Waals surface area contributed by atoms with Crippen molar-refractivity contribution in [2.45, 2.75) is 12.5 Å². The summed E-state index contributed by atoms with van der Waals surface area (Å²) < 4.78 is 20.7. The van der Waals surface area contributed by atoms with Crippen molar-refractivity contribution in [1.82, 2.24) is 14.6 Å². The Bertz CT molecular complexity index is 1280. The monoisotopic (exact) mass is 402 g/mol. The van der Waals surface area contributed by atoms with E-state index in [4.69, 9.17) is 4.42 Å². The molecule has 0 aliphatic heterocycles. The van der Waals surface area contributed by atoms with Crippen molar-refractivity contribution in [2.75, 3.05) is 11.9 Å². The summed E-state index contributed by atoms with van der Waals surface area (Å²) >= 11 is 0. The minimum absolute atomic E-state index is 0.317. The van der Waals surface area contributed by atoms with Gasteiger partial charge in [0.1, 0.15) is 22.9 Å². The highest BCUT2D eigenvalue weighted by molar-refractivity contribution is 5.82. The Kier molecular flexibility index (Phi) is 4.65. The van der Waals surface area contributed by atoms with Crippen LogP contribution in [-0.2, 0) is 0 Å². The molecule has 3 aromatic heterocycles. The highest BCUT2D eigenvalue weighted by Gasteiger charge is 2.13. The van der Waals surface area contributed by atoms with E-state index in [-0.39, 0.29) is 5.82 Å². The molecule has 5 aromatic rings. The van der Waals surface area contributed by atoms with Gasteiger partial charge in [0.2, 0.25) is 0 Å². The second-order valence-electron chi connectivity index (χ2n) is 7.06. The summed E-state index contributed by atoms with van der Waals surface area (Å²) in [7, 11) is 0. The van der Waals surface area contributed by atoms with Gasteiger partial charge in [-0.3, -0.25) is 0 Å². The predicted molar refractivity (Wildman–Crippen MR) is 113 cm³/mol. The van der Waals surface area contributed by atoms with E-state index in [1.165, 1.54) is 12.1 Å². The van der Waals surface area contributed by atoms with Crippen molar-refractivity contribution >= 4 is 22.4 Å². The first kappa shape index (κ1) is 18.3. The van der Waals surface area contributed by atoms with Gasteiger partial charge in [-0.1, -0.05) is 30.3 Å². The fourth-order valence-electron chi connectivity index (χ4n) is 3.43. The molecule has 0 bridgehead atoms. The highest BCUT2D eigenvalue weighted by Crippen LogP contribution is 2.28. The number of nitrogens with zero attached hydrogens (tertiary/aromatic N) is 3. The second kappa shape index (κ2) is 7.61. The van der Waals surface area contributed by atoms with Gasteiger partial charge in [-0.05, 0) is 48.4 Å². The number of hydrogen-bond donors (Lipinski definition) is 2. The molecule has 0 amide bonds. The second-order valence-corrected chi connectivity index (χ2v) is 7.06. The normalized spacial score (nSPS) is 12.5. The summed E-state index contributed by atoms with van der Waals surface area (Å²) in [5, 5.41) is 19.1. The summed E-state index contributed by atoms with van der Waals surface area (Å²) in [6, 6.07) is 19.4. The number of benzene rings is 2. The number of para-hydroxylation sites is 1. The Balaban J connectivity index is 1.33. The maximum absolute atomic E-state index is 13.0. The Morgan fingerprint density at radius 1 is 1.07 bits per heavy atom. The van der Waals surface area contributed by atoms with Crippen LogP contribution in [0.2, 0.25) is 0 Å². The van der Waals surface area contributed by atoms with Crippen LogP contribution in [0, 0.1) is 5.82 Å². The average molecular weight is 402 g/mol. The van der Waals surface area contributed by atoms with Crippen LogP contribution >= 0.6 is 0 Å². The van der Waals surface area contributed by atoms with Crippen LogP contribution in [0.25, 0.3) is 28.1 Å². The van der Waals surface area contributed by atoms with E-state index in [0.717, 1.165) is 16.7 Å². The number of aromatic nitrogens is 3. The molecular formula is C23H19FN4O2. The molecule has 0 aliphatic carbocycles. The van der Waals surface area contributed by atoms with Gasteiger partial charge in [-0.25, -0.2) is 13.9 Å². The summed E-state index contributed by atoms with van der Waals surface area (Å²) in [6.07, 6.45) is 1.52. The van der Waals surface area contributed by atoms with Gasteiger partial charge in [0.25, 0.3) is 0 Å². The van der Waals surface area contributed by atoms with Gasteiger partial charge >= 0.3 is 0 Å². The molecule has 7 heteroatoms. The number of fused-ring (bicyclic) bond motifs is 2. The third-order valence-electron chi connectivity index (χ3n) is 5.02. The van der Waals surface area contributed by atoms with E-state index in [0.29, 0.717) is 35.8 Å². The minimum Gasteiger partial charge on any atom is -0.454 e. The summed E-state index contributed by atoms with van der Waals surface area (Å²) in [4.78, 5) is 4.40. The van der Waals surface area contributed by atoms with Crippen molar-refractivity contribution < 1.29 is 13.9 Å². The first-order valence-electron chi connectivity index (χ1n) is 9.68. The minimum atomic E-state index is -0.679. The summed E-state index contributed by atoms with van der Waals surface area (Å²) in [5.41, 5.74) is 2.97. The van der Waals surface area contributed by atoms with Crippen LogP contribution in [0.15, 0.2) is 77.3 Å². The molecule has 6 nitrogen and oxygen atoms in total. The lowest BCUT2D eigenvalue weighted by atomic mass is 10.1. The highest BCUT2D eigenvalue weighted by atomic mass is 19.1. The first-order valence-corrected chi connectivity index (χ1v) is 9.68. The van der Waals surface area contributed by atoms with Gasteiger partial charge in [-0.15, -0.1) is 5.10 Å². The number of furan rings is 1. The predicted octanol–water partition coefficient (Wildman–Crippen LogP) is 4.82. The number of hydrogen-bond acceptors (Lipinski definition) is 5. The smallest absolute Gasteiger partial charge is 0.155 e. The van der Waals surface area contributed by atoms with Crippen LogP contribution < -0.4 is 5.32 Å². The van der Waals surface area contributed by atoms with Crippen molar-refractivity contribution in [3.63, 3.8) is 0 Å². The van der Waals surface area contributed by atoms with Crippen molar-refractivity contribution in [2.24, 2.45) is 0 Å². The number of aliphatic hydroxyl groups is 1. The fraction of sp³-hybridized carbons (Fsp3) is 0.130. The Morgan fingerprint density at radius 2 is 1.90 bits per heavy atom. The number of rotatable bonds is 6. The lowest BCUT2D eigenvalue weighted by molar-refractivity contribution is 0.171. The van der Waals surface area contributed by atoms with Gasteiger partial charge < -0.3 is 14.8 Å². The summed E-state index contributed by atoms with van der Waals surface area (Å²) in [6.45, 7) is 0.506. The maximum Gasteiger partial charge on any atom is 0.155 e. The standard InChI is InChI=1S/C23H19FN4O2/c24-17-7-5-15(6-8-17)19(29)11-12-25-22-9-10-23-26-14-18(28(23)27-22)21-13-16-3-1-2-4-20(16)30-21/h1-10,13-14,19,29H,11-12H2,(H,25,27). The van der Waals surface area contributed by atoms with Gasteiger partial charge in [0.15, 0.2) is 11.4 Å². The number of halogens is 1. The molecule has 0 saturated carbocycles. The number of aliphatic hydroxyl groups excluding tert-OH is 1. The molecule has 30 heavy (non-hydrogen) atoms. The molecule has 0 fully saturated rings. The molecule has 2 N–H and O–H groups in total. The maximum atomic E-state index is 13.0. The average Bonchev–Trinajstić information content (AvgIpc) is 3.37. The van der Waals surface area contributed by atoms with E-state index < -0.39 is 6.10 Å². The number of nitrogens with one attached hydrogen (secondary N) is 1. The molecule has 150 valence electrons. The molecule has 2 aromatic carbocycles.